The minimum Gasteiger partial charge on any atom is -0.329 e. The van der Waals surface area contributed by atoms with Gasteiger partial charge in [0.2, 0.25) is 0 Å². The molecular weight excluding hydrogens is 256 g/mol. The molecule has 110 valence electrons. The van der Waals surface area contributed by atoms with Gasteiger partial charge in [-0.25, -0.2) is 0 Å². The molecule has 1 aromatic carbocycles. The van der Waals surface area contributed by atoms with Gasteiger partial charge < -0.3 is 10.6 Å². The van der Waals surface area contributed by atoms with Gasteiger partial charge in [-0.3, -0.25) is 15.0 Å². The Labute approximate surface area is 119 Å². The second-order valence-electron chi connectivity index (χ2n) is 5.07. The minimum absolute atomic E-state index is 0.0638. The molecule has 1 atom stereocenters. The minimum atomic E-state index is -0.355. The number of hydrogen-bond donors (Lipinski definition) is 1. The van der Waals surface area contributed by atoms with Crippen molar-refractivity contribution in [1.82, 2.24) is 9.80 Å². The van der Waals surface area contributed by atoms with E-state index in [1.807, 2.05) is 6.07 Å². The second kappa shape index (κ2) is 6.78. The van der Waals surface area contributed by atoms with Crippen molar-refractivity contribution in [2.24, 2.45) is 5.73 Å². The standard InChI is InChI=1S/C14H22N4O2/c1-2-16-6-8-17(9-7-16)14(11-15)12-4-3-5-13(10-12)18(19)20/h3-5,10,14H,2,6-9,11,15H2,1H3. The number of nitro benzene ring substituents is 1. The van der Waals surface area contributed by atoms with E-state index in [1.165, 1.54) is 6.07 Å². The molecule has 1 unspecified atom stereocenters. The fourth-order valence-corrected chi connectivity index (χ4v) is 2.73. The van der Waals surface area contributed by atoms with Gasteiger partial charge in [0, 0.05) is 50.9 Å². The number of likely N-dealkylation sites (N-methyl/N-ethyl adjacent to an activating group) is 1. The Hall–Kier alpha value is -1.50. The molecule has 6 nitrogen and oxygen atoms in total. The maximum absolute atomic E-state index is 10.9. The summed E-state index contributed by atoms with van der Waals surface area (Å²) in [6.45, 7) is 7.68. The highest BCUT2D eigenvalue weighted by Gasteiger charge is 2.24. The van der Waals surface area contributed by atoms with E-state index in [4.69, 9.17) is 5.73 Å². The van der Waals surface area contributed by atoms with Crippen molar-refractivity contribution >= 4 is 5.69 Å². The fraction of sp³-hybridized carbons (Fsp3) is 0.571. The first-order valence-electron chi connectivity index (χ1n) is 7.06. The van der Waals surface area contributed by atoms with E-state index >= 15 is 0 Å². The average molecular weight is 278 g/mol. The fourth-order valence-electron chi connectivity index (χ4n) is 2.73. The molecule has 1 aliphatic heterocycles. The zero-order valence-electron chi connectivity index (χ0n) is 11.9. The molecule has 0 radical (unpaired) electrons. The Bertz CT molecular complexity index is 458. The first kappa shape index (κ1) is 14.9. The second-order valence-corrected chi connectivity index (χ2v) is 5.07. The molecule has 1 fully saturated rings. The molecule has 0 saturated carbocycles. The van der Waals surface area contributed by atoms with Gasteiger partial charge in [-0.2, -0.15) is 0 Å². The first-order chi connectivity index (χ1) is 9.65. The normalized spacial score (nSPS) is 18.9. The third-order valence-corrected chi connectivity index (χ3v) is 3.98. The molecule has 0 spiro atoms. The Balaban J connectivity index is 2.12. The summed E-state index contributed by atoms with van der Waals surface area (Å²) in [5.41, 5.74) is 6.97. The van der Waals surface area contributed by atoms with E-state index in [9.17, 15) is 10.1 Å². The summed E-state index contributed by atoms with van der Waals surface area (Å²) in [6, 6.07) is 6.89. The van der Waals surface area contributed by atoms with E-state index in [0.717, 1.165) is 38.3 Å². The summed E-state index contributed by atoms with van der Waals surface area (Å²) in [4.78, 5) is 15.2. The van der Waals surface area contributed by atoms with Crippen LogP contribution in [0.1, 0.15) is 18.5 Å². The zero-order valence-corrected chi connectivity index (χ0v) is 11.9. The molecule has 0 amide bonds. The topological polar surface area (TPSA) is 75.6 Å². The largest absolute Gasteiger partial charge is 0.329 e. The van der Waals surface area contributed by atoms with Gasteiger partial charge >= 0.3 is 0 Å². The van der Waals surface area contributed by atoms with E-state index < -0.39 is 0 Å². The SMILES string of the molecule is CCN1CCN(C(CN)c2cccc([N+](=O)[O-])c2)CC1. The molecule has 0 aliphatic carbocycles. The number of nitro groups is 1. The summed E-state index contributed by atoms with van der Waals surface area (Å²) in [6.07, 6.45) is 0. The summed E-state index contributed by atoms with van der Waals surface area (Å²) >= 11 is 0. The highest BCUT2D eigenvalue weighted by Crippen LogP contribution is 2.24. The molecule has 1 heterocycles. The van der Waals surface area contributed by atoms with Crippen LogP contribution in [0.2, 0.25) is 0 Å². The maximum Gasteiger partial charge on any atom is 0.269 e. The van der Waals surface area contributed by atoms with Gasteiger partial charge in [0.1, 0.15) is 0 Å². The molecule has 2 N–H and O–H groups in total. The highest BCUT2D eigenvalue weighted by molar-refractivity contribution is 5.36. The average Bonchev–Trinajstić information content (AvgIpc) is 2.49. The summed E-state index contributed by atoms with van der Waals surface area (Å²) < 4.78 is 0. The van der Waals surface area contributed by atoms with E-state index in [2.05, 4.69) is 16.7 Å². The molecule has 20 heavy (non-hydrogen) atoms. The lowest BCUT2D eigenvalue weighted by molar-refractivity contribution is -0.385. The maximum atomic E-state index is 10.9. The lowest BCUT2D eigenvalue weighted by atomic mass is 10.0. The van der Waals surface area contributed by atoms with Crippen LogP contribution >= 0.6 is 0 Å². The number of rotatable bonds is 5. The van der Waals surface area contributed by atoms with Crippen LogP contribution in [0.15, 0.2) is 24.3 Å². The van der Waals surface area contributed by atoms with Crippen LogP contribution in [0.3, 0.4) is 0 Å². The predicted molar refractivity (Wildman–Crippen MR) is 78.6 cm³/mol. The molecule has 6 heteroatoms. The molecule has 0 aromatic heterocycles. The number of hydrogen-bond acceptors (Lipinski definition) is 5. The van der Waals surface area contributed by atoms with Crippen LogP contribution in [0.25, 0.3) is 0 Å². The number of non-ortho nitro benzene ring substituents is 1. The van der Waals surface area contributed by atoms with Crippen molar-refractivity contribution in [2.75, 3.05) is 39.3 Å². The van der Waals surface area contributed by atoms with Crippen molar-refractivity contribution in [3.8, 4) is 0 Å². The number of benzene rings is 1. The van der Waals surface area contributed by atoms with Crippen molar-refractivity contribution in [3.63, 3.8) is 0 Å². The highest BCUT2D eigenvalue weighted by atomic mass is 16.6. The van der Waals surface area contributed by atoms with E-state index in [1.54, 1.807) is 12.1 Å². The van der Waals surface area contributed by atoms with Gasteiger partial charge in [0.05, 0.1) is 4.92 Å². The molecule has 0 bridgehead atoms. The summed E-state index contributed by atoms with van der Waals surface area (Å²) in [5, 5.41) is 10.9. The van der Waals surface area contributed by atoms with Gasteiger partial charge in [-0.15, -0.1) is 0 Å². The number of nitrogens with two attached hydrogens (primary N) is 1. The van der Waals surface area contributed by atoms with Crippen molar-refractivity contribution in [1.29, 1.82) is 0 Å². The van der Waals surface area contributed by atoms with Crippen LogP contribution in [-0.4, -0.2) is 54.0 Å². The number of piperazine rings is 1. The smallest absolute Gasteiger partial charge is 0.269 e. The quantitative estimate of drug-likeness (QED) is 0.647. The van der Waals surface area contributed by atoms with Gasteiger partial charge in [-0.05, 0) is 12.1 Å². The Morgan fingerprint density at radius 2 is 2.05 bits per heavy atom. The molecule has 1 aliphatic rings. The third-order valence-electron chi connectivity index (χ3n) is 3.98. The lowest BCUT2D eigenvalue weighted by Crippen LogP contribution is -2.48. The first-order valence-corrected chi connectivity index (χ1v) is 7.06. The molecular formula is C14H22N4O2. The molecule has 2 rings (SSSR count). The summed E-state index contributed by atoms with van der Waals surface area (Å²) in [7, 11) is 0. The Kier molecular flexibility index (Phi) is 5.05. The van der Waals surface area contributed by atoms with Gasteiger partial charge in [0.25, 0.3) is 5.69 Å². The Morgan fingerprint density at radius 3 is 2.60 bits per heavy atom. The van der Waals surface area contributed by atoms with Gasteiger partial charge in [-0.1, -0.05) is 19.1 Å². The van der Waals surface area contributed by atoms with Crippen LogP contribution in [0.4, 0.5) is 5.69 Å². The van der Waals surface area contributed by atoms with E-state index in [0.29, 0.717) is 6.54 Å². The summed E-state index contributed by atoms with van der Waals surface area (Å²) in [5.74, 6) is 0. The number of nitrogens with zero attached hydrogens (tertiary/aromatic N) is 3. The third kappa shape index (κ3) is 3.33. The molecule has 1 saturated heterocycles. The van der Waals surface area contributed by atoms with Crippen molar-refractivity contribution < 1.29 is 4.92 Å². The van der Waals surface area contributed by atoms with Gasteiger partial charge in [0.15, 0.2) is 0 Å². The Morgan fingerprint density at radius 1 is 1.35 bits per heavy atom. The van der Waals surface area contributed by atoms with Crippen molar-refractivity contribution in [3.05, 3.63) is 39.9 Å². The van der Waals surface area contributed by atoms with E-state index in [-0.39, 0.29) is 16.7 Å². The predicted octanol–water partition coefficient (Wildman–Crippen LogP) is 1.23. The van der Waals surface area contributed by atoms with Crippen molar-refractivity contribution in [2.45, 2.75) is 13.0 Å². The zero-order chi connectivity index (χ0) is 14.5. The van der Waals surface area contributed by atoms with Crippen LogP contribution in [0, 0.1) is 10.1 Å². The van der Waals surface area contributed by atoms with Crippen LogP contribution in [-0.2, 0) is 0 Å². The van der Waals surface area contributed by atoms with Crippen LogP contribution in [0.5, 0.6) is 0 Å². The lowest BCUT2D eigenvalue weighted by Gasteiger charge is -2.38. The molecule has 1 aromatic rings. The van der Waals surface area contributed by atoms with Crippen LogP contribution < -0.4 is 5.73 Å². The monoisotopic (exact) mass is 278 g/mol.